The molecule has 0 rings (SSSR count). The topological polar surface area (TPSA) is 61.5 Å². The Hall–Kier alpha value is -1.17. The molecule has 0 aliphatic carbocycles. The molecular weight excluding hydrogens is 222 g/mol. The maximum atomic E-state index is 4.14. The van der Waals surface area contributed by atoms with Crippen molar-refractivity contribution in [3.63, 3.8) is 0 Å². The summed E-state index contributed by atoms with van der Waals surface area (Å²) in [5, 5.41) is 7.66. The van der Waals surface area contributed by atoms with Gasteiger partial charge in [0.25, 0.3) is 0 Å². The van der Waals surface area contributed by atoms with Crippen LogP contribution >= 0.6 is 11.9 Å². The highest BCUT2D eigenvalue weighted by atomic mass is 32.2. The molecule has 0 heterocycles. The summed E-state index contributed by atoms with van der Waals surface area (Å²) >= 11 is 1.46. The third-order valence-corrected chi connectivity index (χ3v) is 2.11. The molecule has 0 aromatic heterocycles. The fourth-order valence-electron chi connectivity index (χ4n) is 0.574. The molecule has 0 amide bonds. The normalized spacial score (nSPS) is 14.4. The number of nitrogens with one attached hydrogen (secondary N) is 1. The summed E-state index contributed by atoms with van der Waals surface area (Å²) < 4.78 is 2.87. The van der Waals surface area contributed by atoms with Crippen LogP contribution in [0.1, 0.15) is 27.7 Å². The molecule has 0 aliphatic rings. The second kappa shape index (κ2) is 9.08. The van der Waals surface area contributed by atoms with Crippen LogP contribution in [-0.4, -0.2) is 30.5 Å². The molecule has 0 saturated heterocycles. The van der Waals surface area contributed by atoms with Crippen molar-refractivity contribution >= 4 is 36.2 Å². The lowest BCUT2D eigenvalue weighted by Crippen LogP contribution is -2.01. The van der Waals surface area contributed by atoms with E-state index in [1.807, 2.05) is 13.2 Å². The van der Waals surface area contributed by atoms with Gasteiger partial charge in [-0.25, -0.2) is 9.98 Å². The van der Waals surface area contributed by atoms with Gasteiger partial charge in [0.2, 0.25) is 0 Å². The van der Waals surface area contributed by atoms with E-state index in [1.165, 1.54) is 18.3 Å². The Morgan fingerprint density at radius 1 is 1.31 bits per heavy atom. The van der Waals surface area contributed by atoms with Crippen LogP contribution < -0.4 is 4.72 Å². The SMILES string of the molecule is CSNC=NC(C)=N/N=C\N=C(C)C(C)C. The van der Waals surface area contributed by atoms with Crippen LogP contribution in [0, 0.1) is 5.92 Å². The Morgan fingerprint density at radius 2 is 2.00 bits per heavy atom. The number of amidine groups is 1. The Balaban J connectivity index is 4.16. The van der Waals surface area contributed by atoms with Crippen molar-refractivity contribution in [3.8, 4) is 0 Å². The van der Waals surface area contributed by atoms with Gasteiger partial charge in [0.1, 0.15) is 18.5 Å². The second-order valence-corrected chi connectivity index (χ2v) is 4.03. The van der Waals surface area contributed by atoms with Gasteiger partial charge in [-0.15, -0.1) is 10.2 Å². The first kappa shape index (κ1) is 14.8. The van der Waals surface area contributed by atoms with Gasteiger partial charge in [-0.1, -0.05) is 25.8 Å². The molecule has 0 fully saturated rings. The molecule has 6 heteroatoms. The van der Waals surface area contributed by atoms with Gasteiger partial charge < -0.3 is 4.72 Å². The van der Waals surface area contributed by atoms with Gasteiger partial charge in [0.15, 0.2) is 0 Å². The minimum Gasteiger partial charge on any atom is -0.321 e. The van der Waals surface area contributed by atoms with Crippen molar-refractivity contribution in [2.45, 2.75) is 27.7 Å². The van der Waals surface area contributed by atoms with Gasteiger partial charge >= 0.3 is 0 Å². The van der Waals surface area contributed by atoms with E-state index in [0.717, 1.165) is 5.71 Å². The van der Waals surface area contributed by atoms with Crippen LogP contribution in [0.25, 0.3) is 0 Å². The minimum absolute atomic E-state index is 0.431. The zero-order chi connectivity index (χ0) is 12.4. The Bertz CT molecular complexity index is 304. The van der Waals surface area contributed by atoms with Crippen molar-refractivity contribution in [2.75, 3.05) is 6.26 Å². The number of hydrogen-bond donors (Lipinski definition) is 1. The van der Waals surface area contributed by atoms with Crippen LogP contribution in [0.4, 0.5) is 0 Å². The summed E-state index contributed by atoms with van der Waals surface area (Å²) in [5.41, 5.74) is 1.03. The standard InChI is InChI=1S/C10H19N5S/c1-8(2)9(3)11-6-13-15-10(4)12-7-14-16-5/h6-8H,1-5H3,(H,12,14,15)/b11-9?,13-6-. The summed E-state index contributed by atoms with van der Waals surface area (Å²) in [7, 11) is 0. The molecule has 0 radical (unpaired) electrons. The molecular formula is C10H19N5S. The summed E-state index contributed by atoms with van der Waals surface area (Å²) in [6.07, 6.45) is 4.93. The maximum Gasteiger partial charge on any atom is 0.149 e. The monoisotopic (exact) mass is 241 g/mol. The molecule has 5 nitrogen and oxygen atoms in total. The fourth-order valence-corrected chi connectivity index (χ4v) is 0.732. The molecule has 0 unspecified atom stereocenters. The molecule has 1 N–H and O–H groups in total. The zero-order valence-corrected chi connectivity index (χ0v) is 11.2. The van der Waals surface area contributed by atoms with E-state index in [9.17, 15) is 0 Å². The Kier molecular flexibility index (Phi) is 8.42. The first-order valence-electron chi connectivity index (χ1n) is 4.99. The van der Waals surface area contributed by atoms with E-state index < -0.39 is 0 Å². The van der Waals surface area contributed by atoms with Crippen LogP contribution in [0.5, 0.6) is 0 Å². The highest BCUT2D eigenvalue weighted by Crippen LogP contribution is 1.94. The third kappa shape index (κ3) is 8.16. The average Bonchev–Trinajstić information content (AvgIpc) is 2.24. The van der Waals surface area contributed by atoms with E-state index in [2.05, 4.69) is 38.8 Å². The van der Waals surface area contributed by atoms with E-state index in [0.29, 0.717) is 11.8 Å². The van der Waals surface area contributed by atoms with Crippen molar-refractivity contribution in [1.29, 1.82) is 0 Å². The van der Waals surface area contributed by atoms with Crippen LogP contribution in [0.3, 0.4) is 0 Å². The van der Waals surface area contributed by atoms with Crippen LogP contribution in [-0.2, 0) is 0 Å². The predicted molar refractivity (Wildman–Crippen MR) is 74.7 cm³/mol. The number of hydrogen-bond acceptors (Lipinski definition) is 3. The molecule has 0 aromatic carbocycles. The number of nitrogens with zero attached hydrogens (tertiary/aromatic N) is 4. The molecule has 0 bridgehead atoms. The lowest BCUT2D eigenvalue weighted by molar-refractivity contribution is 0.881. The lowest BCUT2D eigenvalue weighted by Gasteiger charge is -1.99. The van der Waals surface area contributed by atoms with Crippen molar-refractivity contribution < 1.29 is 0 Å². The largest absolute Gasteiger partial charge is 0.321 e. The molecule has 90 valence electrons. The zero-order valence-electron chi connectivity index (χ0n) is 10.4. The number of rotatable bonds is 5. The summed E-state index contributed by atoms with van der Waals surface area (Å²) in [4.78, 5) is 8.13. The van der Waals surface area contributed by atoms with Crippen molar-refractivity contribution in [1.82, 2.24) is 4.72 Å². The van der Waals surface area contributed by atoms with E-state index in [-0.39, 0.29) is 0 Å². The fraction of sp³-hybridized carbons (Fsp3) is 0.600. The van der Waals surface area contributed by atoms with E-state index in [4.69, 9.17) is 0 Å². The quantitative estimate of drug-likeness (QED) is 0.347. The van der Waals surface area contributed by atoms with Gasteiger partial charge in [0, 0.05) is 12.0 Å². The Morgan fingerprint density at radius 3 is 2.56 bits per heavy atom. The summed E-state index contributed by atoms with van der Waals surface area (Å²) in [6.45, 7) is 7.90. The predicted octanol–water partition coefficient (Wildman–Crippen LogP) is 2.36. The molecule has 0 spiro atoms. The first-order valence-corrected chi connectivity index (χ1v) is 6.21. The van der Waals surface area contributed by atoms with E-state index in [1.54, 1.807) is 13.3 Å². The van der Waals surface area contributed by atoms with Crippen LogP contribution in [0.15, 0.2) is 20.2 Å². The molecule has 16 heavy (non-hydrogen) atoms. The molecule has 0 saturated carbocycles. The van der Waals surface area contributed by atoms with E-state index >= 15 is 0 Å². The van der Waals surface area contributed by atoms with Crippen molar-refractivity contribution in [3.05, 3.63) is 0 Å². The minimum atomic E-state index is 0.431. The van der Waals surface area contributed by atoms with Crippen molar-refractivity contribution in [2.24, 2.45) is 26.1 Å². The smallest absolute Gasteiger partial charge is 0.149 e. The van der Waals surface area contributed by atoms with Gasteiger partial charge in [-0.05, 0) is 19.8 Å². The number of aliphatic imine (C=N–C) groups is 2. The molecule has 0 atom stereocenters. The van der Waals surface area contributed by atoms with Crippen LogP contribution in [0.2, 0.25) is 0 Å². The maximum absolute atomic E-state index is 4.14. The average molecular weight is 241 g/mol. The Labute approximate surface area is 101 Å². The van der Waals surface area contributed by atoms with Gasteiger partial charge in [-0.2, -0.15) is 0 Å². The highest BCUT2D eigenvalue weighted by molar-refractivity contribution is 7.97. The molecule has 0 aromatic rings. The first-order chi connectivity index (χ1) is 7.57. The summed E-state index contributed by atoms with van der Waals surface area (Å²) in [6, 6.07) is 0. The molecule has 0 aliphatic heterocycles. The third-order valence-electron chi connectivity index (χ3n) is 1.77. The van der Waals surface area contributed by atoms with Gasteiger partial charge in [0.05, 0.1) is 0 Å². The second-order valence-electron chi connectivity index (χ2n) is 3.38. The summed E-state index contributed by atoms with van der Waals surface area (Å²) in [5.74, 6) is 1.01. The highest BCUT2D eigenvalue weighted by Gasteiger charge is 1.94. The van der Waals surface area contributed by atoms with Gasteiger partial charge in [-0.3, -0.25) is 0 Å². The lowest BCUT2D eigenvalue weighted by atomic mass is 10.1.